The van der Waals surface area contributed by atoms with Crippen molar-refractivity contribution in [2.45, 2.75) is 19.9 Å². The second-order valence-corrected chi connectivity index (χ2v) is 3.58. The van der Waals surface area contributed by atoms with Gasteiger partial charge in [0.15, 0.2) is 0 Å². The van der Waals surface area contributed by atoms with Crippen LogP contribution in [-0.4, -0.2) is 57.3 Å². The summed E-state index contributed by atoms with van der Waals surface area (Å²) in [5.74, 6) is -4.28. The maximum atomic E-state index is 10.7. The summed E-state index contributed by atoms with van der Waals surface area (Å²) < 4.78 is 0. The molecule has 0 heterocycles. The van der Waals surface area contributed by atoms with Gasteiger partial charge in [-0.2, -0.15) is 0 Å². The molecule has 0 saturated carbocycles. The molecule has 92 valence electrons. The number of nitrogens with zero attached hydrogens (tertiary/aromatic N) is 1. The lowest BCUT2D eigenvalue weighted by Gasteiger charge is -2.25. The van der Waals surface area contributed by atoms with Crippen molar-refractivity contribution in [2.75, 3.05) is 13.1 Å². The molecule has 7 nitrogen and oxygen atoms in total. The van der Waals surface area contributed by atoms with Gasteiger partial charge >= 0.3 is 17.9 Å². The average Bonchev–Trinajstić information content (AvgIpc) is 2.14. The molecule has 3 N–H and O–H groups in total. The van der Waals surface area contributed by atoms with Gasteiger partial charge in [0, 0.05) is 6.54 Å². The summed E-state index contributed by atoms with van der Waals surface area (Å²) in [4.78, 5) is 32.9. The van der Waals surface area contributed by atoms with Crippen LogP contribution in [0.15, 0.2) is 0 Å². The molecule has 0 aromatic heterocycles. The lowest BCUT2D eigenvalue weighted by atomic mass is 10.1. The van der Waals surface area contributed by atoms with Crippen molar-refractivity contribution in [1.29, 1.82) is 0 Å². The number of carbonyl (C=O) groups is 3. The van der Waals surface area contributed by atoms with E-state index in [1.807, 2.05) is 0 Å². The summed E-state index contributed by atoms with van der Waals surface area (Å²) in [7, 11) is 0. The van der Waals surface area contributed by atoms with Crippen LogP contribution in [0, 0.1) is 5.92 Å². The fourth-order valence-electron chi connectivity index (χ4n) is 1.12. The van der Waals surface area contributed by atoms with Gasteiger partial charge in [-0.1, -0.05) is 6.92 Å². The SMILES string of the molecule is CC(CN(CC(=O)O)C(C)C(=O)O)C(=O)O. The van der Waals surface area contributed by atoms with Crippen LogP contribution in [0.2, 0.25) is 0 Å². The minimum absolute atomic E-state index is 0.116. The van der Waals surface area contributed by atoms with Crippen LogP contribution < -0.4 is 0 Å². The highest BCUT2D eigenvalue weighted by Crippen LogP contribution is 2.05. The Morgan fingerprint density at radius 1 is 1.06 bits per heavy atom. The maximum absolute atomic E-state index is 10.7. The first-order valence-electron chi connectivity index (χ1n) is 4.67. The predicted molar refractivity (Wildman–Crippen MR) is 53.1 cm³/mol. The minimum atomic E-state index is -1.19. The van der Waals surface area contributed by atoms with Crippen LogP contribution in [-0.2, 0) is 14.4 Å². The maximum Gasteiger partial charge on any atom is 0.320 e. The van der Waals surface area contributed by atoms with Crippen LogP contribution in [0.1, 0.15) is 13.8 Å². The van der Waals surface area contributed by atoms with Gasteiger partial charge in [-0.05, 0) is 6.92 Å². The Hall–Kier alpha value is -1.63. The van der Waals surface area contributed by atoms with Gasteiger partial charge in [-0.15, -0.1) is 0 Å². The smallest absolute Gasteiger partial charge is 0.320 e. The van der Waals surface area contributed by atoms with Gasteiger partial charge in [0.25, 0.3) is 0 Å². The quantitative estimate of drug-likeness (QED) is 0.546. The predicted octanol–water partition coefficient (Wildman–Crippen LogP) is -0.433. The van der Waals surface area contributed by atoms with Gasteiger partial charge in [-0.3, -0.25) is 19.3 Å². The van der Waals surface area contributed by atoms with Crippen LogP contribution in [0.4, 0.5) is 0 Å². The van der Waals surface area contributed by atoms with Gasteiger partial charge in [0.05, 0.1) is 12.5 Å². The molecular formula is C9H15NO6. The molecular weight excluding hydrogens is 218 g/mol. The van der Waals surface area contributed by atoms with E-state index < -0.39 is 36.4 Å². The first-order valence-corrected chi connectivity index (χ1v) is 4.67. The molecule has 0 fully saturated rings. The highest BCUT2D eigenvalue weighted by Gasteiger charge is 2.26. The zero-order valence-electron chi connectivity index (χ0n) is 9.08. The van der Waals surface area contributed by atoms with Crippen molar-refractivity contribution in [3.8, 4) is 0 Å². The third-order valence-electron chi connectivity index (χ3n) is 2.17. The molecule has 0 radical (unpaired) electrons. The average molecular weight is 233 g/mol. The Morgan fingerprint density at radius 3 is 1.88 bits per heavy atom. The number of rotatable bonds is 7. The standard InChI is InChI=1S/C9H15NO6/c1-5(8(13)14)3-10(4-7(11)12)6(2)9(15)16/h5-6H,3-4H2,1-2H3,(H,11,12)(H,13,14)(H,15,16). The lowest BCUT2D eigenvalue weighted by Crippen LogP contribution is -2.45. The first kappa shape index (κ1) is 14.4. The molecule has 0 saturated heterocycles. The Kier molecular flexibility index (Phi) is 5.44. The van der Waals surface area contributed by atoms with Crippen LogP contribution in [0.3, 0.4) is 0 Å². The molecule has 2 atom stereocenters. The number of carboxylic acid groups (broad SMARTS) is 3. The second kappa shape index (κ2) is 6.06. The fourth-order valence-corrected chi connectivity index (χ4v) is 1.12. The first-order chi connectivity index (χ1) is 7.25. The molecule has 16 heavy (non-hydrogen) atoms. The van der Waals surface area contributed by atoms with Crippen molar-refractivity contribution in [1.82, 2.24) is 4.90 Å². The van der Waals surface area contributed by atoms with Crippen LogP contribution >= 0.6 is 0 Å². The van der Waals surface area contributed by atoms with E-state index in [4.69, 9.17) is 15.3 Å². The summed E-state index contributed by atoms with van der Waals surface area (Å²) in [6, 6.07) is -1.03. The highest BCUT2D eigenvalue weighted by molar-refractivity contribution is 5.75. The van der Waals surface area contributed by atoms with Gasteiger partial charge in [0.1, 0.15) is 6.04 Å². The van der Waals surface area contributed by atoms with Crippen molar-refractivity contribution >= 4 is 17.9 Å². The minimum Gasteiger partial charge on any atom is -0.481 e. The monoisotopic (exact) mass is 233 g/mol. The molecule has 0 bridgehead atoms. The summed E-state index contributed by atoms with van der Waals surface area (Å²) in [6.45, 7) is 2.10. The number of aliphatic carboxylic acids is 3. The summed E-state index contributed by atoms with van der Waals surface area (Å²) >= 11 is 0. The molecule has 0 amide bonds. The van der Waals surface area contributed by atoms with Crippen molar-refractivity contribution < 1.29 is 29.7 Å². The molecule has 0 aliphatic rings. The molecule has 0 spiro atoms. The number of hydrogen-bond acceptors (Lipinski definition) is 4. The number of hydrogen-bond donors (Lipinski definition) is 3. The second-order valence-electron chi connectivity index (χ2n) is 3.58. The van der Waals surface area contributed by atoms with Gasteiger partial charge in [-0.25, -0.2) is 0 Å². The molecule has 0 aliphatic carbocycles. The Balaban J connectivity index is 4.60. The summed E-state index contributed by atoms with van der Waals surface area (Å²) in [5, 5.41) is 26.0. The third kappa shape index (κ3) is 4.74. The highest BCUT2D eigenvalue weighted by atomic mass is 16.4. The van der Waals surface area contributed by atoms with E-state index in [0.717, 1.165) is 4.90 Å². The Labute approximate surface area is 92.3 Å². The zero-order chi connectivity index (χ0) is 12.9. The molecule has 0 aliphatic heterocycles. The Morgan fingerprint density at radius 2 is 1.56 bits per heavy atom. The number of carboxylic acids is 3. The lowest BCUT2D eigenvalue weighted by molar-refractivity contribution is -0.149. The van der Waals surface area contributed by atoms with E-state index >= 15 is 0 Å². The van der Waals surface area contributed by atoms with E-state index in [9.17, 15) is 14.4 Å². The van der Waals surface area contributed by atoms with Crippen LogP contribution in [0.5, 0.6) is 0 Å². The third-order valence-corrected chi connectivity index (χ3v) is 2.17. The van der Waals surface area contributed by atoms with E-state index in [-0.39, 0.29) is 6.54 Å². The fraction of sp³-hybridized carbons (Fsp3) is 0.667. The molecule has 2 unspecified atom stereocenters. The van der Waals surface area contributed by atoms with Crippen LogP contribution in [0.25, 0.3) is 0 Å². The normalized spacial score (nSPS) is 14.4. The van der Waals surface area contributed by atoms with Gasteiger partial charge < -0.3 is 15.3 Å². The topological polar surface area (TPSA) is 115 Å². The van der Waals surface area contributed by atoms with Gasteiger partial charge in [0.2, 0.25) is 0 Å². The zero-order valence-corrected chi connectivity index (χ0v) is 9.08. The van der Waals surface area contributed by atoms with Crippen molar-refractivity contribution in [3.63, 3.8) is 0 Å². The molecule has 7 heteroatoms. The summed E-state index contributed by atoms with van der Waals surface area (Å²) in [6.07, 6.45) is 0. The molecule has 0 aromatic rings. The Bertz CT molecular complexity index is 290. The molecule has 0 rings (SSSR count). The molecule has 0 aromatic carbocycles. The van der Waals surface area contributed by atoms with E-state index in [1.165, 1.54) is 13.8 Å². The summed E-state index contributed by atoms with van der Waals surface area (Å²) in [5.41, 5.74) is 0. The van der Waals surface area contributed by atoms with E-state index in [2.05, 4.69) is 0 Å². The van der Waals surface area contributed by atoms with Crippen molar-refractivity contribution in [3.05, 3.63) is 0 Å². The van der Waals surface area contributed by atoms with E-state index in [1.54, 1.807) is 0 Å². The van der Waals surface area contributed by atoms with Crippen molar-refractivity contribution in [2.24, 2.45) is 5.92 Å². The van der Waals surface area contributed by atoms with E-state index in [0.29, 0.717) is 0 Å². The largest absolute Gasteiger partial charge is 0.481 e.